The number of aliphatic imine (C=N–C) groups is 1. The molecule has 38 heavy (non-hydrogen) atoms. The SMILES string of the molecule is C/C=C/C(=C\C(=C/C)c1cnc2c(c1F)C(c1nc3c(-c4ccc(C)s4)nccc3[nH]1)=NC1NC21)N(C)C. The predicted molar refractivity (Wildman–Crippen MR) is 152 cm³/mol. The summed E-state index contributed by atoms with van der Waals surface area (Å²) in [5.41, 5.74) is 6.02. The molecule has 2 aliphatic rings. The molecule has 4 aromatic heterocycles. The van der Waals surface area contributed by atoms with Gasteiger partial charge in [-0.2, -0.15) is 0 Å². The fraction of sp³-hybridized carbons (Fsp3) is 0.241. The lowest BCUT2D eigenvalue weighted by Gasteiger charge is -2.18. The zero-order valence-corrected chi connectivity index (χ0v) is 22.7. The number of H-pyrrole nitrogens is 1. The van der Waals surface area contributed by atoms with Crippen molar-refractivity contribution >= 4 is 33.7 Å². The van der Waals surface area contributed by atoms with Crippen LogP contribution >= 0.6 is 11.3 Å². The minimum Gasteiger partial charge on any atom is -0.378 e. The molecule has 0 aromatic carbocycles. The molecule has 0 aliphatic carbocycles. The smallest absolute Gasteiger partial charge is 0.157 e. The van der Waals surface area contributed by atoms with Gasteiger partial charge in [0.25, 0.3) is 0 Å². The van der Waals surface area contributed by atoms with Gasteiger partial charge in [0.1, 0.15) is 28.9 Å². The van der Waals surface area contributed by atoms with Crippen LogP contribution in [0.15, 0.2) is 65.6 Å². The van der Waals surface area contributed by atoms with Gasteiger partial charge in [-0.1, -0.05) is 12.2 Å². The third kappa shape index (κ3) is 4.08. The van der Waals surface area contributed by atoms with Gasteiger partial charge >= 0.3 is 0 Å². The number of aromatic nitrogens is 4. The molecule has 0 saturated carbocycles. The van der Waals surface area contributed by atoms with Crippen LogP contribution in [0.5, 0.6) is 0 Å². The van der Waals surface area contributed by atoms with E-state index in [0.717, 1.165) is 32.9 Å². The molecule has 2 unspecified atom stereocenters. The van der Waals surface area contributed by atoms with E-state index in [1.54, 1.807) is 23.7 Å². The number of likely N-dealkylation sites (N-methyl/N-ethyl adjacent to an activating group) is 1. The summed E-state index contributed by atoms with van der Waals surface area (Å²) >= 11 is 1.67. The number of aromatic amines is 1. The first kappa shape index (κ1) is 24.4. The second kappa shape index (κ2) is 9.41. The molecule has 6 rings (SSSR count). The highest BCUT2D eigenvalue weighted by Crippen LogP contribution is 2.40. The standard InChI is InChI=1S/C29H28FN7S/c1-6-8-17(37(4)5)13-16(7-2)18-14-32-25-21(22(18)30)26(35-29-27(25)36-29)28-33-19-11-12-31-24(23(19)34-28)20-10-9-15(3)38-20/h6-14,27,29,36H,1-5H3,(H,33,34)/b8-6+,16-7+,17-13+. The average molecular weight is 526 g/mol. The van der Waals surface area contributed by atoms with E-state index in [1.165, 1.54) is 4.88 Å². The highest BCUT2D eigenvalue weighted by atomic mass is 32.1. The fourth-order valence-electron chi connectivity index (χ4n) is 4.78. The van der Waals surface area contributed by atoms with E-state index in [0.29, 0.717) is 28.4 Å². The van der Waals surface area contributed by atoms with Crippen LogP contribution < -0.4 is 5.32 Å². The number of rotatable bonds is 6. The lowest BCUT2D eigenvalue weighted by Crippen LogP contribution is -2.19. The molecule has 2 N–H and O–H groups in total. The van der Waals surface area contributed by atoms with Gasteiger partial charge in [0.05, 0.1) is 27.7 Å². The molecule has 7 nitrogen and oxygen atoms in total. The van der Waals surface area contributed by atoms with E-state index >= 15 is 4.39 Å². The normalized spacial score (nSPS) is 19.1. The summed E-state index contributed by atoms with van der Waals surface area (Å²) in [4.78, 5) is 26.7. The molecule has 4 aromatic rings. The van der Waals surface area contributed by atoms with Crippen molar-refractivity contribution in [3.8, 4) is 10.6 Å². The first-order chi connectivity index (χ1) is 18.4. The summed E-state index contributed by atoms with van der Waals surface area (Å²) in [5, 5.41) is 3.30. The lowest BCUT2D eigenvalue weighted by molar-refractivity contribution is 0.530. The van der Waals surface area contributed by atoms with Gasteiger partial charge in [0, 0.05) is 42.6 Å². The quantitative estimate of drug-likeness (QED) is 0.246. The van der Waals surface area contributed by atoms with Crippen LogP contribution in [-0.4, -0.2) is 50.8 Å². The maximum Gasteiger partial charge on any atom is 0.157 e. The second-order valence-corrected chi connectivity index (χ2v) is 10.9. The van der Waals surface area contributed by atoms with Crippen LogP contribution in [0.2, 0.25) is 0 Å². The molecule has 1 saturated heterocycles. The molecule has 0 spiro atoms. The number of nitrogens with one attached hydrogen (secondary N) is 2. The van der Waals surface area contributed by atoms with Crippen LogP contribution in [0.1, 0.15) is 47.4 Å². The Labute approximate surface area is 224 Å². The van der Waals surface area contributed by atoms with Gasteiger partial charge in [-0.15, -0.1) is 11.3 Å². The number of pyridine rings is 2. The molecule has 0 amide bonds. The molecule has 192 valence electrons. The fourth-order valence-corrected chi connectivity index (χ4v) is 5.64. The highest BCUT2D eigenvalue weighted by Gasteiger charge is 2.46. The number of imidazole rings is 1. The maximum absolute atomic E-state index is 16.5. The van der Waals surface area contributed by atoms with Crippen molar-refractivity contribution < 1.29 is 4.39 Å². The van der Waals surface area contributed by atoms with E-state index in [2.05, 4.69) is 34.3 Å². The third-order valence-electron chi connectivity index (χ3n) is 6.78. The number of allylic oxidation sites excluding steroid dienone is 5. The van der Waals surface area contributed by atoms with Gasteiger partial charge in [0.2, 0.25) is 0 Å². The van der Waals surface area contributed by atoms with Crippen LogP contribution in [0.4, 0.5) is 4.39 Å². The van der Waals surface area contributed by atoms with Gasteiger partial charge in [-0.05, 0) is 56.7 Å². The van der Waals surface area contributed by atoms with E-state index in [9.17, 15) is 0 Å². The zero-order valence-electron chi connectivity index (χ0n) is 21.9. The molecule has 0 radical (unpaired) electrons. The van der Waals surface area contributed by atoms with Gasteiger partial charge in [0.15, 0.2) is 5.82 Å². The van der Waals surface area contributed by atoms with Crippen molar-refractivity contribution in [2.24, 2.45) is 4.99 Å². The van der Waals surface area contributed by atoms with Crippen molar-refractivity contribution in [1.82, 2.24) is 30.2 Å². The molecule has 2 atom stereocenters. The molecular formula is C29H28FN7S. The summed E-state index contributed by atoms with van der Waals surface area (Å²) in [7, 11) is 3.93. The minimum absolute atomic E-state index is 0.0852. The number of halogens is 1. The van der Waals surface area contributed by atoms with Gasteiger partial charge in [-0.25, -0.2) is 9.37 Å². The molecule has 9 heteroatoms. The lowest BCUT2D eigenvalue weighted by atomic mass is 9.96. The Morgan fingerprint density at radius 1 is 1.16 bits per heavy atom. The highest BCUT2D eigenvalue weighted by molar-refractivity contribution is 7.15. The van der Waals surface area contributed by atoms with Crippen LogP contribution in [0.3, 0.4) is 0 Å². The summed E-state index contributed by atoms with van der Waals surface area (Å²) in [5.74, 6) is 0.158. The van der Waals surface area contributed by atoms with Crippen molar-refractivity contribution in [2.75, 3.05) is 14.1 Å². The van der Waals surface area contributed by atoms with Gasteiger partial charge in [-0.3, -0.25) is 20.3 Å². The first-order valence-electron chi connectivity index (χ1n) is 12.5. The third-order valence-corrected chi connectivity index (χ3v) is 7.79. The molecule has 2 aliphatic heterocycles. The van der Waals surface area contributed by atoms with E-state index in [1.807, 2.05) is 63.2 Å². The Hall–Kier alpha value is -3.95. The second-order valence-electron chi connectivity index (χ2n) is 9.57. The number of fused-ring (bicyclic) bond motifs is 4. The van der Waals surface area contributed by atoms with E-state index in [4.69, 9.17) is 15.0 Å². The van der Waals surface area contributed by atoms with Crippen molar-refractivity contribution in [3.63, 3.8) is 0 Å². The number of hydrogen-bond acceptors (Lipinski definition) is 7. The summed E-state index contributed by atoms with van der Waals surface area (Å²) in [6, 6.07) is 5.93. The monoisotopic (exact) mass is 525 g/mol. The summed E-state index contributed by atoms with van der Waals surface area (Å²) < 4.78 is 16.5. The van der Waals surface area contributed by atoms with Crippen LogP contribution in [0, 0.1) is 12.7 Å². The Bertz CT molecular complexity index is 1690. The number of hydrogen-bond donors (Lipinski definition) is 2. The summed E-state index contributed by atoms with van der Waals surface area (Å²) in [6.45, 7) is 5.93. The number of nitrogens with zero attached hydrogens (tertiary/aromatic N) is 5. The van der Waals surface area contributed by atoms with Crippen molar-refractivity contribution in [1.29, 1.82) is 0 Å². The molecule has 0 bridgehead atoms. The predicted octanol–water partition coefficient (Wildman–Crippen LogP) is 5.78. The Morgan fingerprint density at radius 3 is 2.71 bits per heavy atom. The van der Waals surface area contributed by atoms with Crippen molar-refractivity contribution in [2.45, 2.75) is 33.0 Å². The van der Waals surface area contributed by atoms with Gasteiger partial charge < -0.3 is 9.88 Å². The largest absolute Gasteiger partial charge is 0.378 e. The summed E-state index contributed by atoms with van der Waals surface area (Å²) in [6.07, 6.45) is 11.1. The number of thiophene rings is 1. The zero-order chi connectivity index (χ0) is 26.6. The first-order valence-corrected chi connectivity index (χ1v) is 13.3. The molecular weight excluding hydrogens is 497 g/mol. The number of aryl methyl sites for hydroxylation is 1. The Morgan fingerprint density at radius 2 is 2.00 bits per heavy atom. The topological polar surface area (TPSA) is 92.0 Å². The minimum atomic E-state index is -0.350. The van der Waals surface area contributed by atoms with Crippen LogP contribution in [0.25, 0.3) is 27.2 Å². The molecule has 1 fully saturated rings. The van der Waals surface area contributed by atoms with Crippen molar-refractivity contribution in [3.05, 3.63) is 93.9 Å². The molecule has 6 heterocycles. The maximum atomic E-state index is 16.5. The Kier molecular flexibility index (Phi) is 6.04. The van der Waals surface area contributed by atoms with E-state index in [-0.39, 0.29) is 18.0 Å². The average Bonchev–Trinajstić information content (AvgIpc) is 3.35. The van der Waals surface area contributed by atoms with E-state index < -0.39 is 0 Å². The Balaban J connectivity index is 1.49. The van der Waals surface area contributed by atoms with Crippen LogP contribution in [-0.2, 0) is 0 Å².